The Labute approximate surface area is 337 Å². The van der Waals surface area contributed by atoms with Crippen molar-refractivity contribution in [2.75, 3.05) is 19.6 Å². The first-order valence-corrected chi connectivity index (χ1v) is 24.3. The third-order valence-corrected chi connectivity index (χ3v) is 11.4. The molecule has 0 rings (SSSR count). The van der Waals surface area contributed by atoms with E-state index in [2.05, 4.69) is 69.9 Å². The number of terminal acetylenes is 1. The van der Waals surface area contributed by atoms with Crippen LogP contribution in [0.3, 0.4) is 0 Å². The molecule has 0 radical (unpaired) electrons. The Hall–Kier alpha value is -1.22. The summed E-state index contributed by atoms with van der Waals surface area (Å²) in [7, 11) is 0. The SMILES string of the molecule is C#C.C=C=C(CCCCCCCCCC)CCCCCCCN(CCC)CCCCCCCC/C=C\C(CCCCCCCC)CCCCCCCC. The van der Waals surface area contributed by atoms with Crippen molar-refractivity contribution in [3.63, 3.8) is 0 Å². The molecule has 0 amide bonds. The van der Waals surface area contributed by atoms with E-state index in [1.165, 1.54) is 263 Å². The van der Waals surface area contributed by atoms with Crippen LogP contribution in [0.1, 0.15) is 265 Å². The van der Waals surface area contributed by atoms with Crippen LogP contribution in [0.4, 0.5) is 0 Å². The molecule has 312 valence electrons. The number of hydrogen-bond donors (Lipinski definition) is 0. The fraction of sp³-hybridized carbons (Fsp3) is 0.865. The first-order valence-electron chi connectivity index (χ1n) is 24.3. The van der Waals surface area contributed by atoms with Crippen LogP contribution in [0.2, 0.25) is 0 Å². The molecule has 53 heavy (non-hydrogen) atoms. The van der Waals surface area contributed by atoms with Gasteiger partial charge in [-0.2, -0.15) is 0 Å². The van der Waals surface area contributed by atoms with Gasteiger partial charge >= 0.3 is 0 Å². The number of rotatable bonds is 43. The zero-order valence-corrected chi connectivity index (χ0v) is 37.3. The van der Waals surface area contributed by atoms with Crippen LogP contribution in [-0.2, 0) is 0 Å². The van der Waals surface area contributed by atoms with E-state index in [9.17, 15) is 0 Å². The molecule has 0 unspecified atom stereocenters. The maximum Gasteiger partial charge on any atom is -0.00187 e. The topological polar surface area (TPSA) is 3.24 Å². The predicted octanol–water partition coefficient (Wildman–Crippen LogP) is 17.9. The van der Waals surface area contributed by atoms with Crippen LogP contribution in [0.5, 0.6) is 0 Å². The summed E-state index contributed by atoms with van der Waals surface area (Å²) in [6.45, 7) is 17.2. The second kappa shape index (κ2) is 48.8. The third kappa shape index (κ3) is 43.4. The molecular formula is C52H99N. The van der Waals surface area contributed by atoms with Crippen molar-refractivity contribution in [1.29, 1.82) is 0 Å². The molecule has 0 N–H and O–H groups in total. The van der Waals surface area contributed by atoms with Gasteiger partial charge in [-0.15, -0.1) is 18.6 Å². The first kappa shape index (κ1) is 53.9. The molecule has 0 aliphatic rings. The van der Waals surface area contributed by atoms with Gasteiger partial charge in [0.25, 0.3) is 0 Å². The molecule has 0 saturated heterocycles. The highest BCUT2D eigenvalue weighted by Gasteiger charge is 2.06. The van der Waals surface area contributed by atoms with E-state index in [4.69, 9.17) is 0 Å². The highest BCUT2D eigenvalue weighted by atomic mass is 15.1. The fourth-order valence-electron chi connectivity index (χ4n) is 7.93. The van der Waals surface area contributed by atoms with Crippen molar-refractivity contribution in [1.82, 2.24) is 4.90 Å². The Morgan fingerprint density at radius 1 is 0.453 bits per heavy atom. The smallest absolute Gasteiger partial charge is 0.00187 e. The largest absolute Gasteiger partial charge is 0.303 e. The Balaban J connectivity index is 0. The zero-order valence-electron chi connectivity index (χ0n) is 37.3. The summed E-state index contributed by atoms with van der Waals surface area (Å²) in [5, 5.41) is 0. The van der Waals surface area contributed by atoms with Gasteiger partial charge in [-0.1, -0.05) is 213 Å². The summed E-state index contributed by atoms with van der Waals surface area (Å²) >= 11 is 0. The van der Waals surface area contributed by atoms with E-state index < -0.39 is 0 Å². The fourth-order valence-corrected chi connectivity index (χ4v) is 7.93. The minimum Gasteiger partial charge on any atom is -0.303 e. The van der Waals surface area contributed by atoms with Gasteiger partial charge in [0.05, 0.1) is 0 Å². The van der Waals surface area contributed by atoms with Gasteiger partial charge in [0.1, 0.15) is 0 Å². The van der Waals surface area contributed by atoms with Crippen LogP contribution in [0.15, 0.2) is 30.0 Å². The van der Waals surface area contributed by atoms with Gasteiger partial charge in [0.15, 0.2) is 0 Å². The standard InChI is InChI=1S/C50H97N.C2H2/c1-6-11-14-17-20-23-29-34-41-49(10-5)42-35-31-26-33-40-48-51(46-9-4)47-39-32-25-22-21-24-30-38-45-50(43-36-27-18-15-12-7-2)44-37-28-19-16-13-8-3;1-2/h38,45,50H,5-9,11-37,39-44,46-48H2,1-4H3;1-2H/b45-38-;. The average Bonchev–Trinajstić information content (AvgIpc) is 3.18. The van der Waals surface area contributed by atoms with Crippen molar-refractivity contribution < 1.29 is 0 Å². The Bertz CT molecular complexity index is 753. The number of allylic oxidation sites excluding steroid dienone is 3. The maximum atomic E-state index is 4.00. The lowest BCUT2D eigenvalue weighted by Gasteiger charge is -2.21. The van der Waals surface area contributed by atoms with Crippen molar-refractivity contribution >= 4 is 0 Å². The van der Waals surface area contributed by atoms with Crippen molar-refractivity contribution in [3.8, 4) is 12.8 Å². The molecule has 0 aliphatic heterocycles. The molecule has 0 bridgehead atoms. The van der Waals surface area contributed by atoms with E-state index in [1.54, 1.807) is 0 Å². The second-order valence-electron chi connectivity index (χ2n) is 16.6. The lowest BCUT2D eigenvalue weighted by molar-refractivity contribution is 0.260. The van der Waals surface area contributed by atoms with E-state index in [-0.39, 0.29) is 0 Å². The van der Waals surface area contributed by atoms with E-state index in [0.29, 0.717) is 0 Å². The van der Waals surface area contributed by atoms with Crippen LogP contribution in [0.25, 0.3) is 0 Å². The lowest BCUT2D eigenvalue weighted by atomic mass is 9.93. The van der Waals surface area contributed by atoms with Gasteiger partial charge < -0.3 is 4.90 Å². The molecule has 0 aromatic carbocycles. The first-order chi connectivity index (χ1) is 26.2. The molecule has 0 aromatic heterocycles. The van der Waals surface area contributed by atoms with Gasteiger partial charge in [0.2, 0.25) is 0 Å². The van der Waals surface area contributed by atoms with Crippen molar-refractivity contribution in [2.24, 2.45) is 5.92 Å². The summed E-state index contributed by atoms with van der Waals surface area (Å²) in [5.74, 6) is 0.843. The minimum atomic E-state index is 0.843. The molecule has 1 nitrogen and oxygen atoms in total. The predicted molar refractivity (Wildman–Crippen MR) is 245 cm³/mol. The Kier molecular flexibility index (Phi) is 49.6. The quantitative estimate of drug-likeness (QED) is 0.0261. The zero-order chi connectivity index (χ0) is 39.1. The normalized spacial score (nSPS) is 11.4. The average molecular weight is 738 g/mol. The highest BCUT2D eigenvalue weighted by Crippen LogP contribution is 2.22. The number of nitrogens with zero attached hydrogens (tertiary/aromatic N) is 1. The number of hydrogen-bond acceptors (Lipinski definition) is 1. The van der Waals surface area contributed by atoms with Crippen LogP contribution >= 0.6 is 0 Å². The van der Waals surface area contributed by atoms with Crippen LogP contribution in [-0.4, -0.2) is 24.5 Å². The van der Waals surface area contributed by atoms with E-state index in [1.807, 2.05) is 0 Å². The summed E-state index contributed by atoms with van der Waals surface area (Å²) in [6, 6.07) is 0. The summed E-state index contributed by atoms with van der Waals surface area (Å²) in [4.78, 5) is 2.76. The van der Waals surface area contributed by atoms with Gasteiger partial charge in [0, 0.05) is 0 Å². The van der Waals surface area contributed by atoms with Crippen LogP contribution in [0, 0.1) is 18.8 Å². The van der Waals surface area contributed by atoms with Gasteiger partial charge in [-0.05, 0) is 102 Å². The second-order valence-corrected chi connectivity index (χ2v) is 16.6. The summed E-state index contributed by atoms with van der Waals surface area (Å²) in [6.07, 6.45) is 64.9. The van der Waals surface area contributed by atoms with Gasteiger partial charge in [-0.25, -0.2) is 0 Å². The molecular weight excluding hydrogens is 639 g/mol. The van der Waals surface area contributed by atoms with Crippen molar-refractivity contribution in [2.45, 2.75) is 265 Å². The van der Waals surface area contributed by atoms with Gasteiger partial charge in [-0.3, -0.25) is 0 Å². The monoisotopic (exact) mass is 738 g/mol. The minimum absolute atomic E-state index is 0.843. The highest BCUT2D eigenvalue weighted by molar-refractivity contribution is 4.98. The van der Waals surface area contributed by atoms with Crippen molar-refractivity contribution in [3.05, 3.63) is 30.0 Å². The van der Waals surface area contributed by atoms with Crippen LogP contribution < -0.4 is 0 Å². The molecule has 0 spiro atoms. The molecule has 0 atom stereocenters. The summed E-state index contributed by atoms with van der Waals surface area (Å²) < 4.78 is 0. The Morgan fingerprint density at radius 3 is 1.21 bits per heavy atom. The lowest BCUT2D eigenvalue weighted by Crippen LogP contribution is -2.27. The van der Waals surface area contributed by atoms with E-state index in [0.717, 1.165) is 5.92 Å². The Morgan fingerprint density at radius 2 is 0.811 bits per heavy atom. The number of unbranched alkanes of at least 4 members (excludes halogenated alkanes) is 27. The van der Waals surface area contributed by atoms with E-state index >= 15 is 0 Å². The molecule has 0 heterocycles. The molecule has 1 heteroatoms. The molecule has 0 fully saturated rings. The molecule has 0 saturated carbocycles. The third-order valence-electron chi connectivity index (χ3n) is 11.4. The molecule has 0 aliphatic carbocycles. The maximum absolute atomic E-state index is 4.00. The molecule has 0 aromatic rings. The summed E-state index contributed by atoms with van der Waals surface area (Å²) in [5.41, 5.74) is 4.77.